The van der Waals surface area contributed by atoms with Crippen molar-refractivity contribution in [3.05, 3.63) is 35.4 Å². The molecular weight excluding hydrogens is 222 g/mol. The normalized spacial score (nSPS) is 11.0. The highest BCUT2D eigenvalue weighted by atomic mass is 35.5. The maximum atomic E-state index is 9.15. The Morgan fingerprint density at radius 1 is 1.12 bits per heavy atom. The average Bonchev–Trinajstić information content (AvgIpc) is 2.16. The van der Waals surface area contributed by atoms with E-state index in [1.54, 1.807) is 0 Å². The summed E-state index contributed by atoms with van der Waals surface area (Å²) in [7, 11) is 0. The molecule has 2 N–H and O–H groups in total. The summed E-state index contributed by atoms with van der Waals surface area (Å²) in [4.78, 5) is 0. The number of aliphatic hydroxyl groups is 1. The van der Waals surface area contributed by atoms with Gasteiger partial charge in [-0.15, -0.1) is 12.4 Å². The molecule has 0 radical (unpaired) electrons. The number of halogens is 1. The van der Waals surface area contributed by atoms with Crippen molar-refractivity contribution in [3.63, 3.8) is 0 Å². The maximum Gasteiger partial charge on any atom is 0.0685 e. The Kier molecular flexibility index (Phi) is 6.65. The number of nitrogens with one attached hydrogen (secondary N) is 1. The molecule has 0 fully saturated rings. The molecule has 0 bridgehead atoms. The smallest absolute Gasteiger partial charge is 0.0685 e. The molecule has 1 aromatic rings. The Balaban J connectivity index is 0.00000225. The quantitative estimate of drug-likeness (QED) is 0.853. The van der Waals surface area contributed by atoms with Crippen LogP contribution in [0, 0.1) is 5.41 Å². The molecule has 0 atom stereocenters. The summed E-state index contributed by atoms with van der Waals surface area (Å²) >= 11 is 0. The first-order valence-electron chi connectivity index (χ1n) is 5.41. The van der Waals surface area contributed by atoms with Gasteiger partial charge < -0.3 is 10.4 Å². The SMILES string of the molecule is CC(C)(C)CNCc1ccccc1CO.Cl. The number of aliphatic hydroxyl groups excluding tert-OH is 1. The fourth-order valence-corrected chi connectivity index (χ4v) is 1.46. The van der Waals surface area contributed by atoms with Crippen LogP contribution in [0.15, 0.2) is 24.3 Å². The van der Waals surface area contributed by atoms with Crippen LogP contribution in [0.3, 0.4) is 0 Å². The predicted octanol–water partition coefficient (Wildman–Crippen LogP) is 2.74. The van der Waals surface area contributed by atoms with E-state index in [9.17, 15) is 0 Å². The number of benzene rings is 1. The Labute approximate surface area is 104 Å². The minimum atomic E-state index is 0. The van der Waals surface area contributed by atoms with Crippen molar-refractivity contribution in [2.24, 2.45) is 5.41 Å². The largest absolute Gasteiger partial charge is 0.392 e. The highest BCUT2D eigenvalue weighted by Gasteiger charge is 2.09. The highest BCUT2D eigenvalue weighted by Crippen LogP contribution is 2.12. The van der Waals surface area contributed by atoms with Crippen LogP contribution in [0.2, 0.25) is 0 Å². The van der Waals surface area contributed by atoms with E-state index >= 15 is 0 Å². The zero-order chi connectivity index (χ0) is 11.3. The van der Waals surface area contributed by atoms with Gasteiger partial charge in [0, 0.05) is 13.1 Å². The minimum absolute atomic E-state index is 0. The van der Waals surface area contributed by atoms with Crippen molar-refractivity contribution >= 4 is 12.4 Å². The molecule has 0 heterocycles. The molecule has 16 heavy (non-hydrogen) atoms. The first-order valence-corrected chi connectivity index (χ1v) is 5.41. The topological polar surface area (TPSA) is 32.3 Å². The minimum Gasteiger partial charge on any atom is -0.392 e. The standard InChI is InChI=1S/C13H21NO.ClH/c1-13(2,3)10-14-8-11-6-4-5-7-12(11)9-15;/h4-7,14-15H,8-10H2,1-3H3;1H. The summed E-state index contributed by atoms with van der Waals surface area (Å²) in [6, 6.07) is 7.99. The first kappa shape index (κ1) is 15.4. The van der Waals surface area contributed by atoms with Crippen molar-refractivity contribution in [2.45, 2.75) is 33.9 Å². The third-order valence-corrected chi connectivity index (χ3v) is 2.26. The maximum absolute atomic E-state index is 9.15. The lowest BCUT2D eigenvalue weighted by molar-refractivity contribution is 0.280. The first-order chi connectivity index (χ1) is 7.03. The Hall–Kier alpha value is -0.570. The summed E-state index contributed by atoms with van der Waals surface area (Å²) in [5, 5.41) is 12.6. The van der Waals surface area contributed by atoms with Crippen molar-refractivity contribution in [1.29, 1.82) is 0 Å². The number of rotatable bonds is 4. The summed E-state index contributed by atoms with van der Waals surface area (Å²) in [5.41, 5.74) is 2.50. The molecule has 0 saturated heterocycles. The van der Waals surface area contributed by atoms with Crippen LogP contribution in [0.5, 0.6) is 0 Å². The highest BCUT2D eigenvalue weighted by molar-refractivity contribution is 5.85. The zero-order valence-electron chi connectivity index (χ0n) is 10.3. The van der Waals surface area contributed by atoms with Gasteiger partial charge in [-0.1, -0.05) is 45.0 Å². The third kappa shape index (κ3) is 5.50. The van der Waals surface area contributed by atoms with E-state index in [4.69, 9.17) is 5.11 Å². The molecule has 92 valence electrons. The van der Waals surface area contributed by atoms with Crippen LogP contribution in [-0.2, 0) is 13.2 Å². The van der Waals surface area contributed by atoms with Crippen LogP contribution in [0.4, 0.5) is 0 Å². The van der Waals surface area contributed by atoms with Gasteiger partial charge >= 0.3 is 0 Å². The second kappa shape index (κ2) is 6.89. The van der Waals surface area contributed by atoms with E-state index < -0.39 is 0 Å². The van der Waals surface area contributed by atoms with E-state index in [-0.39, 0.29) is 19.0 Å². The Bertz CT molecular complexity index is 307. The lowest BCUT2D eigenvalue weighted by Crippen LogP contribution is -2.26. The molecule has 0 saturated carbocycles. The van der Waals surface area contributed by atoms with Crippen molar-refractivity contribution < 1.29 is 5.11 Å². The van der Waals surface area contributed by atoms with E-state index in [2.05, 4.69) is 32.2 Å². The van der Waals surface area contributed by atoms with Crippen LogP contribution in [-0.4, -0.2) is 11.7 Å². The van der Waals surface area contributed by atoms with Crippen molar-refractivity contribution in [2.75, 3.05) is 6.54 Å². The zero-order valence-corrected chi connectivity index (χ0v) is 11.1. The van der Waals surface area contributed by atoms with Gasteiger partial charge in [0.1, 0.15) is 0 Å². The van der Waals surface area contributed by atoms with Gasteiger partial charge in [0.2, 0.25) is 0 Å². The average molecular weight is 244 g/mol. The van der Waals surface area contributed by atoms with Crippen LogP contribution in [0.1, 0.15) is 31.9 Å². The summed E-state index contributed by atoms with van der Waals surface area (Å²) < 4.78 is 0. The molecule has 0 unspecified atom stereocenters. The van der Waals surface area contributed by atoms with Crippen LogP contribution in [0.25, 0.3) is 0 Å². The number of hydrogen-bond donors (Lipinski definition) is 2. The molecule has 0 amide bonds. The summed E-state index contributed by atoms with van der Waals surface area (Å²) in [5.74, 6) is 0. The third-order valence-electron chi connectivity index (χ3n) is 2.26. The molecule has 0 aliphatic carbocycles. The fraction of sp³-hybridized carbons (Fsp3) is 0.538. The second-order valence-corrected chi connectivity index (χ2v) is 5.09. The van der Waals surface area contributed by atoms with Gasteiger partial charge in [0.05, 0.1) is 6.61 Å². The molecule has 0 spiro atoms. The van der Waals surface area contributed by atoms with Crippen molar-refractivity contribution in [3.8, 4) is 0 Å². The van der Waals surface area contributed by atoms with Gasteiger partial charge in [0.25, 0.3) is 0 Å². The summed E-state index contributed by atoms with van der Waals surface area (Å²) in [6.45, 7) is 8.54. The molecule has 0 aliphatic heterocycles. The van der Waals surface area contributed by atoms with E-state index in [0.29, 0.717) is 5.41 Å². The van der Waals surface area contributed by atoms with Gasteiger partial charge in [0.15, 0.2) is 0 Å². The lowest BCUT2D eigenvalue weighted by atomic mass is 9.97. The molecule has 0 aromatic heterocycles. The Morgan fingerprint density at radius 3 is 2.19 bits per heavy atom. The molecule has 1 aromatic carbocycles. The van der Waals surface area contributed by atoms with Crippen LogP contribution < -0.4 is 5.32 Å². The monoisotopic (exact) mass is 243 g/mol. The number of hydrogen-bond acceptors (Lipinski definition) is 2. The van der Waals surface area contributed by atoms with Gasteiger partial charge in [-0.2, -0.15) is 0 Å². The predicted molar refractivity (Wildman–Crippen MR) is 70.8 cm³/mol. The van der Waals surface area contributed by atoms with E-state index in [0.717, 1.165) is 18.7 Å². The van der Waals surface area contributed by atoms with E-state index in [1.165, 1.54) is 5.56 Å². The lowest BCUT2D eigenvalue weighted by Gasteiger charge is -2.19. The molecule has 3 heteroatoms. The van der Waals surface area contributed by atoms with Crippen LogP contribution >= 0.6 is 12.4 Å². The Morgan fingerprint density at radius 2 is 1.69 bits per heavy atom. The van der Waals surface area contributed by atoms with E-state index in [1.807, 2.05) is 18.2 Å². The molecular formula is C13H22ClNO. The molecule has 0 aliphatic rings. The molecule has 1 rings (SSSR count). The fourth-order valence-electron chi connectivity index (χ4n) is 1.46. The molecule has 2 nitrogen and oxygen atoms in total. The van der Waals surface area contributed by atoms with Gasteiger partial charge in [-0.25, -0.2) is 0 Å². The van der Waals surface area contributed by atoms with Crippen molar-refractivity contribution in [1.82, 2.24) is 5.32 Å². The second-order valence-electron chi connectivity index (χ2n) is 5.09. The van der Waals surface area contributed by atoms with Gasteiger partial charge in [-0.3, -0.25) is 0 Å². The van der Waals surface area contributed by atoms with Gasteiger partial charge in [-0.05, 0) is 16.5 Å². The summed E-state index contributed by atoms with van der Waals surface area (Å²) in [6.07, 6.45) is 0.